The lowest BCUT2D eigenvalue weighted by atomic mass is 10.1. The summed E-state index contributed by atoms with van der Waals surface area (Å²) < 4.78 is 25.5. The smallest absolute Gasteiger partial charge is 0.282 e. The predicted octanol–water partition coefficient (Wildman–Crippen LogP) is 4.47. The van der Waals surface area contributed by atoms with Crippen LogP contribution in [-0.2, 0) is 14.4 Å². The molecule has 1 fully saturated rings. The molecule has 0 saturated carbocycles. The van der Waals surface area contributed by atoms with E-state index in [1.165, 1.54) is 29.3 Å². The summed E-state index contributed by atoms with van der Waals surface area (Å²) in [5, 5.41) is 3.63. The van der Waals surface area contributed by atoms with Crippen molar-refractivity contribution in [3.8, 4) is 11.5 Å². The first-order chi connectivity index (χ1) is 17.4. The zero-order valence-corrected chi connectivity index (χ0v) is 20.7. The number of ether oxygens (including phenoxy) is 2. The molecule has 10 heteroatoms. The molecular formula is C26H21BrFN3O5. The van der Waals surface area contributed by atoms with Crippen LogP contribution in [0.4, 0.5) is 15.8 Å². The third-order valence-electron chi connectivity index (χ3n) is 5.04. The number of carbonyl (C=O) groups excluding carboxylic acids is 3. The Kier molecular flexibility index (Phi) is 7.65. The SMILES string of the molecule is CCOc1cc(/C=C2/C(=O)NN(c3ccccc3)C2=O)cc(Br)c1OCC(=O)Nc1ccccc1F. The van der Waals surface area contributed by atoms with E-state index in [9.17, 15) is 18.8 Å². The van der Waals surface area contributed by atoms with Crippen LogP contribution in [0.5, 0.6) is 11.5 Å². The first-order valence-electron chi connectivity index (χ1n) is 10.9. The van der Waals surface area contributed by atoms with Gasteiger partial charge in [-0.2, -0.15) is 0 Å². The Bertz CT molecular complexity index is 1350. The Morgan fingerprint density at radius 2 is 1.81 bits per heavy atom. The van der Waals surface area contributed by atoms with Crippen LogP contribution in [0.1, 0.15) is 12.5 Å². The number of hydrogen-bond acceptors (Lipinski definition) is 5. The minimum Gasteiger partial charge on any atom is -0.490 e. The highest BCUT2D eigenvalue weighted by atomic mass is 79.9. The van der Waals surface area contributed by atoms with Crippen molar-refractivity contribution in [2.75, 3.05) is 23.5 Å². The summed E-state index contributed by atoms with van der Waals surface area (Å²) in [7, 11) is 0. The molecule has 36 heavy (non-hydrogen) atoms. The van der Waals surface area contributed by atoms with Crippen LogP contribution in [0.15, 0.2) is 76.8 Å². The number of amides is 3. The van der Waals surface area contributed by atoms with Gasteiger partial charge in [0.05, 0.1) is 22.5 Å². The molecule has 3 aromatic rings. The Morgan fingerprint density at radius 1 is 1.08 bits per heavy atom. The van der Waals surface area contributed by atoms with Crippen molar-refractivity contribution in [2.45, 2.75) is 6.92 Å². The summed E-state index contributed by atoms with van der Waals surface area (Å²) in [5.74, 6) is -1.61. The van der Waals surface area contributed by atoms with E-state index >= 15 is 0 Å². The maximum absolute atomic E-state index is 13.8. The molecule has 0 aromatic heterocycles. The average molecular weight is 554 g/mol. The van der Waals surface area contributed by atoms with E-state index in [0.717, 1.165) is 0 Å². The van der Waals surface area contributed by atoms with E-state index < -0.39 is 30.1 Å². The van der Waals surface area contributed by atoms with Gasteiger partial charge in [-0.3, -0.25) is 19.8 Å². The summed E-state index contributed by atoms with van der Waals surface area (Å²) in [6.45, 7) is 1.67. The van der Waals surface area contributed by atoms with Gasteiger partial charge in [-0.1, -0.05) is 30.3 Å². The van der Waals surface area contributed by atoms with Gasteiger partial charge < -0.3 is 14.8 Å². The van der Waals surface area contributed by atoms with Crippen molar-refractivity contribution in [1.29, 1.82) is 0 Å². The van der Waals surface area contributed by atoms with E-state index in [-0.39, 0.29) is 17.0 Å². The molecule has 0 spiro atoms. The van der Waals surface area contributed by atoms with Crippen molar-refractivity contribution in [1.82, 2.24) is 5.43 Å². The Balaban J connectivity index is 1.53. The predicted molar refractivity (Wildman–Crippen MR) is 136 cm³/mol. The molecule has 184 valence electrons. The van der Waals surface area contributed by atoms with Crippen LogP contribution >= 0.6 is 15.9 Å². The number of rotatable bonds is 8. The van der Waals surface area contributed by atoms with Crippen LogP contribution in [-0.4, -0.2) is 30.9 Å². The maximum Gasteiger partial charge on any atom is 0.282 e. The highest BCUT2D eigenvalue weighted by Gasteiger charge is 2.34. The number of hydrogen-bond donors (Lipinski definition) is 2. The number of benzene rings is 3. The van der Waals surface area contributed by atoms with Crippen molar-refractivity contribution in [3.05, 3.63) is 88.2 Å². The molecule has 3 aromatic carbocycles. The Labute approximate surface area is 214 Å². The molecule has 0 atom stereocenters. The minimum atomic E-state index is -0.560. The fourth-order valence-corrected chi connectivity index (χ4v) is 4.02. The third-order valence-corrected chi connectivity index (χ3v) is 5.63. The topological polar surface area (TPSA) is 97.0 Å². The maximum atomic E-state index is 13.8. The van der Waals surface area contributed by atoms with Gasteiger partial charge >= 0.3 is 0 Å². The lowest BCUT2D eigenvalue weighted by molar-refractivity contribution is -0.118. The van der Waals surface area contributed by atoms with Gasteiger partial charge in [0.2, 0.25) is 0 Å². The summed E-state index contributed by atoms with van der Waals surface area (Å²) in [4.78, 5) is 37.7. The fourth-order valence-electron chi connectivity index (χ4n) is 3.44. The molecule has 1 aliphatic heterocycles. The quantitative estimate of drug-likeness (QED) is 0.317. The van der Waals surface area contributed by atoms with Gasteiger partial charge in [0, 0.05) is 0 Å². The lowest BCUT2D eigenvalue weighted by Gasteiger charge is -2.15. The van der Waals surface area contributed by atoms with Crippen molar-refractivity contribution < 1.29 is 28.2 Å². The summed E-state index contributed by atoms with van der Waals surface area (Å²) in [5.41, 5.74) is 3.58. The van der Waals surface area contributed by atoms with Crippen LogP contribution in [0, 0.1) is 5.82 Å². The summed E-state index contributed by atoms with van der Waals surface area (Å²) >= 11 is 3.40. The van der Waals surface area contributed by atoms with Crippen molar-refractivity contribution in [3.63, 3.8) is 0 Å². The minimum absolute atomic E-state index is 0.0428. The number of nitrogens with zero attached hydrogens (tertiary/aromatic N) is 1. The summed E-state index contributed by atoms with van der Waals surface area (Å²) in [6, 6.07) is 17.8. The molecule has 4 rings (SSSR count). The normalized spacial score (nSPS) is 14.1. The Hall–Kier alpha value is -4.18. The molecular weight excluding hydrogens is 533 g/mol. The van der Waals surface area contributed by atoms with Gasteiger partial charge in [-0.15, -0.1) is 0 Å². The average Bonchev–Trinajstić information content (AvgIpc) is 3.14. The first kappa shape index (κ1) is 24.9. The highest BCUT2D eigenvalue weighted by Crippen LogP contribution is 2.38. The first-order valence-corrected chi connectivity index (χ1v) is 11.7. The second-order valence-electron chi connectivity index (χ2n) is 7.55. The highest BCUT2D eigenvalue weighted by molar-refractivity contribution is 9.10. The van der Waals surface area contributed by atoms with Gasteiger partial charge in [0.1, 0.15) is 11.4 Å². The number of anilines is 2. The van der Waals surface area contributed by atoms with Crippen LogP contribution in [0.3, 0.4) is 0 Å². The van der Waals surface area contributed by atoms with Gasteiger partial charge in [-0.25, -0.2) is 9.40 Å². The molecule has 1 saturated heterocycles. The number of hydrazine groups is 1. The van der Waals surface area contributed by atoms with Crippen molar-refractivity contribution >= 4 is 51.1 Å². The van der Waals surface area contributed by atoms with Crippen molar-refractivity contribution in [2.24, 2.45) is 0 Å². The number of halogens is 2. The van der Waals surface area contributed by atoms with E-state index in [1.807, 2.05) is 6.07 Å². The molecule has 3 amide bonds. The van der Waals surface area contributed by atoms with Gasteiger partial charge in [0.15, 0.2) is 18.1 Å². The zero-order chi connectivity index (χ0) is 25.7. The van der Waals surface area contributed by atoms with Crippen LogP contribution in [0.2, 0.25) is 0 Å². The van der Waals surface area contributed by atoms with Crippen LogP contribution in [0.25, 0.3) is 6.08 Å². The van der Waals surface area contributed by atoms with Gasteiger partial charge in [-0.05, 0) is 70.9 Å². The number of para-hydroxylation sites is 2. The number of nitrogens with one attached hydrogen (secondary N) is 2. The molecule has 0 unspecified atom stereocenters. The molecule has 1 aliphatic rings. The Morgan fingerprint density at radius 3 is 2.53 bits per heavy atom. The molecule has 0 aliphatic carbocycles. The molecule has 0 bridgehead atoms. The van der Waals surface area contributed by atoms with E-state index in [2.05, 4.69) is 26.7 Å². The van der Waals surface area contributed by atoms with E-state index in [4.69, 9.17) is 9.47 Å². The van der Waals surface area contributed by atoms with E-state index in [0.29, 0.717) is 28.1 Å². The largest absolute Gasteiger partial charge is 0.490 e. The molecule has 0 radical (unpaired) electrons. The summed E-state index contributed by atoms with van der Waals surface area (Å²) in [6.07, 6.45) is 1.45. The standard InChI is InChI=1S/C26H21BrFN3O5/c1-2-35-22-14-16(12-18-25(33)30-31(26(18)34)17-8-4-3-5-9-17)13-19(27)24(22)36-15-23(32)29-21-11-7-6-10-20(21)28/h3-14H,2,15H2,1H3,(H,29,32)(H,30,33)/b18-12-. The lowest BCUT2D eigenvalue weighted by Crippen LogP contribution is -2.35. The second kappa shape index (κ2) is 11.0. The van der Waals surface area contributed by atoms with E-state index in [1.54, 1.807) is 49.4 Å². The molecule has 8 nitrogen and oxygen atoms in total. The van der Waals surface area contributed by atoms with Gasteiger partial charge in [0.25, 0.3) is 17.7 Å². The molecule has 2 N–H and O–H groups in total. The van der Waals surface area contributed by atoms with Crippen LogP contribution < -0.4 is 25.2 Å². The third kappa shape index (κ3) is 5.55. The molecule has 1 heterocycles. The monoisotopic (exact) mass is 553 g/mol. The second-order valence-corrected chi connectivity index (χ2v) is 8.41. The fraction of sp³-hybridized carbons (Fsp3) is 0.115. The number of carbonyl (C=O) groups is 3. The zero-order valence-electron chi connectivity index (χ0n) is 19.1.